The standard InChI is InChI=1S/C13H23N/c1-11-7-9-13(12(2,3)4)8-5-6-10-14(11)13/h1,5-10H2,2-4H3. The minimum absolute atomic E-state index is 0.396. The van der Waals surface area contributed by atoms with Crippen molar-refractivity contribution in [3.05, 3.63) is 12.3 Å². The van der Waals surface area contributed by atoms with Crippen molar-refractivity contribution in [2.45, 2.75) is 58.4 Å². The maximum Gasteiger partial charge on any atom is 0.0451 e. The van der Waals surface area contributed by atoms with E-state index >= 15 is 0 Å². The Hall–Kier alpha value is -0.460. The number of nitrogens with zero attached hydrogens (tertiary/aromatic N) is 1. The molecule has 1 unspecified atom stereocenters. The molecule has 1 nitrogen and oxygen atoms in total. The Balaban J connectivity index is 2.34. The van der Waals surface area contributed by atoms with Crippen LogP contribution in [0.5, 0.6) is 0 Å². The molecule has 0 bridgehead atoms. The van der Waals surface area contributed by atoms with E-state index in [1.54, 1.807) is 0 Å². The third kappa shape index (κ3) is 1.21. The van der Waals surface area contributed by atoms with Gasteiger partial charge in [-0.1, -0.05) is 27.4 Å². The van der Waals surface area contributed by atoms with Crippen LogP contribution >= 0.6 is 0 Å². The zero-order chi connectivity index (χ0) is 10.4. The van der Waals surface area contributed by atoms with Crippen LogP contribution in [0, 0.1) is 5.41 Å². The molecule has 80 valence electrons. The molecule has 0 aliphatic carbocycles. The van der Waals surface area contributed by atoms with Crippen molar-refractivity contribution in [1.29, 1.82) is 0 Å². The first-order valence-electron chi connectivity index (χ1n) is 5.93. The lowest BCUT2D eigenvalue weighted by atomic mass is 9.67. The highest BCUT2D eigenvalue weighted by molar-refractivity contribution is 5.17. The second-order valence-corrected chi connectivity index (χ2v) is 5.96. The molecule has 1 heteroatoms. The van der Waals surface area contributed by atoms with Gasteiger partial charge in [-0.3, -0.25) is 0 Å². The van der Waals surface area contributed by atoms with Gasteiger partial charge in [-0.05, 0) is 37.5 Å². The average molecular weight is 193 g/mol. The smallest absolute Gasteiger partial charge is 0.0451 e. The van der Waals surface area contributed by atoms with Crippen LogP contribution in [0.2, 0.25) is 0 Å². The summed E-state index contributed by atoms with van der Waals surface area (Å²) in [7, 11) is 0. The first-order chi connectivity index (χ1) is 6.47. The van der Waals surface area contributed by atoms with E-state index in [2.05, 4.69) is 32.3 Å². The molecule has 0 aromatic carbocycles. The van der Waals surface area contributed by atoms with E-state index in [0.717, 1.165) is 0 Å². The van der Waals surface area contributed by atoms with E-state index in [-0.39, 0.29) is 0 Å². The number of piperidine rings is 1. The van der Waals surface area contributed by atoms with Gasteiger partial charge in [0.2, 0.25) is 0 Å². The average Bonchev–Trinajstić information content (AvgIpc) is 2.45. The summed E-state index contributed by atoms with van der Waals surface area (Å²) in [6.45, 7) is 12.6. The third-order valence-corrected chi connectivity index (χ3v) is 4.34. The summed E-state index contributed by atoms with van der Waals surface area (Å²) in [5.41, 5.74) is 2.22. The van der Waals surface area contributed by atoms with Crippen molar-refractivity contribution < 1.29 is 0 Å². The topological polar surface area (TPSA) is 3.24 Å². The quantitative estimate of drug-likeness (QED) is 0.568. The molecule has 2 saturated heterocycles. The van der Waals surface area contributed by atoms with Crippen molar-refractivity contribution in [2.75, 3.05) is 6.54 Å². The van der Waals surface area contributed by atoms with E-state index in [1.807, 2.05) is 0 Å². The van der Waals surface area contributed by atoms with Crippen LogP contribution in [0.1, 0.15) is 52.9 Å². The summed E-state index contributed by atoms with van der Waals surface area (Å²) in [4.78, 5) is 2.62. The normalized spacial score (nSPS) is 33.4. The van der Waals surface area contributed by atoms with Gasteiger partial charge in [0.05, 0.1) is 0 Å². The number of hydrogen-bond acceptors (Lipinski definition) is 1. The third-order valence-electron chi connectivity index (χ3n) is 4.34. The van der Waals surface area contributed by atoms with Gasteiger partial charge in [-0.25, -0.2) is 0 Å². The Labute approximate surface area is 88.2 Å². The predicted molar refractivity (Wildman–Crippen MR) is 61.1 cm³/mol. The number of hydrogen-bond donors (Lipinski definition) is 0. The van der Waals surface area contributed by atoms with Gasteiger partial charge in [0.15, 0.2) is 0 Å². The van der Waals surface area contributed by atoms with Crippen LogP contribution in [0.3, 0.4) is 0 Å². The van der Waals surface area contributed by atoms with Gasteiger partial charge in [-0.15, -0.1) is 0 Å². The Kier molecular flexibility index (Phi) is 2.17. The summed E-state index contributed by atoms with van der Waals surface area (Å²) in [6.07, 6.45) is 6.68. The van der Waals surface area contributed by atoms with Crippen molar-refractivity contribution in [1.82, 2.24) is 4.90 Å². The molecule has 2 aliphatic heterocycles. The number of fused-ring (bicyclic) bond motifs is 1. The van der Waals surface area contributed by atoms with Crippen LogP contribution in [-0.2, 0) is 0 Å². The summed E-state index contributed by atoms with van der Waals surface area (Å²) in [5.74, 6) is 0. The molecule has 1 atom stereocenters. The highest BCUT2D eigenvalue weighted by Crippen LogP contribution is 2.51. The number of rotatable bonds is 0. The zero-order valence-electron chi connectivity index (χ0n) is 9.90. The lowest BCUT2D eigenvalue weighted by Crippen LogP contribution is -2.55. The van der Waals surface area contributed by atoms with E-state index in [9.17, 15) is 0 Å². The van der Waals surface area contributed by atoms with Crippen LogP contribution in [0.15, 0.2) is 12.3 Å². The second-order valence-electron chi connectivity index (χ2n) is 5.96. The molecule has 0 aromatic rings. The zero-order valence-corrected chi connectivity index (χ0v) is 9.90. The Morgan fingerprint density at radius 1 is 1.21 bits per heavy atom. The van der Waals surface area contributed by atoms with Gasteiger partial charge in [0.25, 0.3) is 0 Å². The monoisotopic (exact) mass is 193 g/mol. The molecule has 0 amide bonds. The summed E-state index contributed by atoms with van der Waals surface area (Å²) in [5, 5.41) is 0. The molecule has 2 aliphatic rings. The molecular weight excluding hydrogens is 170 g/mol. The van der Waals surface area contributed by atoms with Crippen LogP contribution in [-0.4, -0.2) is 17.0 Å². The minimum atomic E-state index is 0.396. The predicted octanol–water partition coefficient (Wildman–Crippen LogP) is 3.56. The van der Waals surface area contributed by atoms with E-state index < -0.39 is 0 Å². The van der Waals surface area contributed by atoms with Gasteiger partial charge in [0, 0.05) is 17.8 Å². The van der Waals surface area contributed by atoms with E-state index in [0.29, 0.717) is 11.0 Å². The maximum atomic E-state index is 4.22. The molecule has 0 aromatic heterocycles. The second kappa shape index (κ2) is 3.01. The fourth-order valence-electron chi connectivity index (χ4n) is 3.40. The van der Waals surface area contributed by atoms with Crippen molar-refractivity contribution in [3.63, 3.8) is 0 Å². The fourth-order valence-corrected chi connectivity index (χ4v) is 3.40. The lowest BCUT2D eigenvalue weighted by Gasteiger charge is -2.52. The molecule has 0 N–H and O–H groups in total. The Morgan fingerprint density at radius 2 is 1.93 bits per heavy atom. The largest absolute Gasteiger partial charge is 0.369 e. The molecule has 0 spiro atoms. The Bertz CT molecular complexity index is 248. The maximum absolute atomic E-state index is 4.22. The minimum Gasteiger partial charge on any atom is -0.369 e. The Morgan fingerprint density at radius 3 is 2.50 bits per heavy atom. The van der Waals surface area contributed by atoms with Crippen LogP contribution in [0.25, 0.3) is 0 Å². The van der Waals surface area contributed by atoms with Crippen molar-refractivity contribution >= 4 is 0 Å². The van der Waals surface area contributed by atoms with Crippen LogP contribution in [0.4, 0.5) is 0 Å². The van der Waals surface area contributed by atoms with Crippen LogP contribution < -0.4 is 0 Å². The molecule has 0 radical (unpaired) electrons. The first kappa shape index (κ1) is 10.1. The molecule has 0 saturated carbocycles. The summed E-state index contributed by atoms with van der Waals surface area (Å²) in [6, 6.07) is 0. The van der Waals surface area contributed by atoms with Gasteiger partial charge < -0.3 is 4.90 Å². The summed E-state index contributed by atoms with van der Waals surface area (Å²) < 4.78 is 0. The molecule has 2 fully saturated rings. The molecule has 14 heavy (non-hydrogen) atoms. The number of allylic oxidation sites excluding steroid dienone is 1. The van der Waals surface area contributed by atoms with Gasteiger partial charge in [-0.2, -0.15) is 0 Å². The van der Waals surface area contributed by atoms with Gasteiger partial charge in [0.1, 0.15) is 0 Å². The molecular formula is C13H23N. The van der Waals surface area contributed by atoms with Gasteiger partial charge >= 0.3 is 0 Å². The van der Waals surface area contributed by atoms with E-state index in [4.69, 9.17) is 0 Å². The highest BCUT2D eigenvalue weighted by atomic mass is 15.2. The summed E-state index contributed by atoms with van der Waals surface area (Å²) >= 11 is 0. The van der Waals surface area contributed by atoms with Crippen molar-refractivity contribution in [2.24, 2.45) is 5.41 Å². The molecule has 2 heterocycles. The van der Waals surface area contributed by atoms with Crippen molar-refractivity contribution in [3.8, 4) is 0 Å². The molecule has 2 rings (SSSR count). The fraction of sp³-hybridized carbons (Fsp3) is 0.846. The highest BCUT2D eigenvalue weighted by Gasteiger charge is 2.50. The van der Waals surface area contributed by atoms with E-state index in [1.165, 1.54) is 44.3 Å². The lowest BCUT2D eigenvalue weighted by molar-refractivity contribution is 0.00926. The SMILES string of the molecule is C=C1CCC2(C(C)(C)C)CCCCN12. The first-order valence-corrected chi connectivity index (χ1v) is 5.93.